The number of aryl methyl sites for hydroxylation is 2. The molecule has 1 fully saturated rings. The molecule has 4 heterocycles. The molecule has 1 aromatic carbocycles. The van der Waals surface area contributed by atoms with Crippen LogP contribution in [0.1, 0.15) is 54.4 Å². The van der Waals surface area contributed by atoms with E-state index in [2.05, 4.69) is 10.1 Å². The van der Waals surface area contributed by atoms with Crippen molar-refractivity contribution in [2.45, 2.75) is 57.9 Å². The molecule has 0 amide bonds. The van der Waals surface area contributed by atoms with E-state index < -0.39 is 0 Å². The highest BCUT2D eigenvalue weighted by molar-refractivity contribution is 5.81. The lowest BCUT2D eigenvalue weighted by Crippen LogP contribution is -2.37. The third-order valence-corrected chi connectivity index (χ3v) is 6.94. The largest absolute Gasteiger partial charge is 0.497 e. The van der Waals surface area contributed by atoms with Gasteiger partial charge in [-0.05, 0) is 64.3 Å². The third kappa shape index (κ3) is 3.87. The lowest BCUT2D eigenvalue weighted by atomic mass is 9.91. The van der Waals surface area contributed by atoms with Crippen molar-refractivity contribution in [1.82, 2.24) is 19.6 Å². The zero-order valence-corrected chi connectivity index (χ0v) is 18.4. The average Bonchev–Trinajstić information content (AvgIpc) is 3.22. The van der Waals surface area contributed by atoms with Crippen molar-refractivity contribution in [2.24, 2.45) is 0 Å². The van der Waals surface area contributed by atoms with E-state index in [0.29, 0.717) is 5.92 Å². The van der Waals surface area contributed by atoms with Gasteiger partial charge in [-0.25, -0.2) is 4.98 Å². The van der Waals surface area contributed by atoms with Crippen LogP contribution in [0.5, 0.6) is 5.75 Å². The molecule has 0 spiro atoms. The Bertz CT molecular complexity index is 1140. The molecule has 164 valence electrons. The molecular weight excluding hydrogens is 392 g/mol. The molecule has 0 unspecified atom stereocenters. The lowest BCUT2D eigenvalue weighted by Gasteiger charge is -2.31. The minimum Gasteiger partial charge on any atom is -0.497 e. The van der Waals surface area contributed by atoms with Crippen LogP contribution in [0.15, 0.2) is 27.5 Å². The van der Waals surface area contributed by atoms with Crippen molar-refractivity contribution in [1.29, 1.82) is 0 Å². The minimum absolute atomic E-state index is 0.182. The normalized spacial score (nSPS) is 17.7. The number of methoxy groups -OCH3 is 1. The molecule has 31 heavy (non-hydrogen) atoms. The fourth-order valence-electron chi connectivity index (χ4n) is 5.08. The predicted molar refractivity (Wildman–Crippen MR) is 119 cm³/mol. The predicted octanol–water partition coefficient (Wildman–Crippen LogP) is 3.46. The van der Waals surface area contributed by atoms with Crippen LogP contribution < -0.4 is 10.3 Å². The number of hydrogen-bond acceptors (Lipinski definition) is 6. The first-order valence-electron chi connectivity index (χ1n) is 11.4. The van der Waals surface area contributed by atoms with Crippen LogP contribution in [-0.4, -0.2) is 46.4 Å². The SMILES string of the molecule is COc1ccc2c(C3CCN(CCc4c(C)nc5n(c4=O)CCCC5)CC3)noc2c1. The van der Waals surface area contributed by atoms with E-state index in [1.165, 1.54) is 0 Å². The van der Waals surface area contributed by atoms with E-state index in [-0.39, 0.29) is 5.56 Å². The Morgan fingerprint density at radius 2 is 2.03 bits per heavy atom. The smallest absolute Gasteiger partial charge is 0.256 e. The van der Waals surface area contributed by atoms with Crippen LogP contribution >= 0.6 is 0 Å². The Kier molecular flexibility index (Phi) is 5.52. The standard InChI is InChI=1S/C24H30N4O3/c1-16-19(24(29)28-11-4-3-5-22(28)25-16)10-14-27-12-8-17(9-13-27)23-20-7-6-18(30-2)15-21(20)31-26-23/h6-7,15,17H,3-5,8-14H2,1-2H3. The van der Waals surface area contributed by atoms with Crippen LogP contribution in [0, 0.1) is 6.92 Å². The molecule has 5 rings (SSSR count). The molecule has 0 atom stereocenters. The number of hydrogen-bond donors (Lipinski definition) is 0. The number of fused-ring (bicyclic) bond motifs is 2. The topological polar surface area (TPSA) is 73.4 Å². The van der Waals surface area contributed by atoms with Gasteiger partial charge in [0, 0.05) is 48.1 Å². The molecule has 0 aliphatic carbocycles. The van der Waals surface area contributed by atoms with Crippen LogP contribution in [0.3, 0.4) is 0 Å². The maximum Gasteiger partial charge on any atom is 0.256 e. The minimum atomic E-state index is 0.182. The Hall–Kier alpha value is -2.67. The van der Waals surface area contributed by atoms with Crippen LogP contribution in [-0.2, 0) is 19.4 Å². The zero-order valence-electron chi connectivity index (χ0n) is 18.4. The van der Waals surface area contributed by atoms with E-state index >= 15 is 0 Å². The summed E-state index contributed by atoms with van der Waals surface area (Å²) in [6, 6.07) is 5.91. The summed E-state index contributed by atoms with van der Waals surface area (Å²) in [4.78, 5) is 20.2. The Morgan fingerprint density at radius 3 is 2.84 bits per heavy atom. The average molecular weight is 423 g/mol. The second-order valence-electron chi connectivity index (χ2n) is 8.80. The van der Waals surface area contributed by atoms with Gasteiger partial charge in [-0.1, -0.05) is 5.16 Å². The van der Waals surface area contributed by atoms with Gasteiger partial charge in [0.15, 0.2) is 5.58 Å². The number of rotatable bonds is 5. The summed E-state index contributed by atoms with van der Waals surface area (Å²) in [6.07, 6.45) is 6.01. The molecule has 3 aromatic rings. The number of likely N-dealkylation sites (tertiary alicyclic amines) is 1. The second kappa shape index (κ2) is 8.46. The molecule has 2 aliphatic rings. The second-order valence-corrected chi connectivity index (χ2v) is 8.80. The quantitative estimate of drug-likeness (QED) is 0.627. The zero-order chi connectivity index (χ0) is 21.4. The molecule has 0 saturated carbocycles. The van der Waals surface area contributed by atoms with Gasteiger partial charge in [0.05, 0.1) is 12.8 Å². The maximum absolute atomic E-state index is 13.0. The van der Waals surface area contributed by atoms with Gasteiger partial charge in [-0.3, -0.25) is 9.36 Å². The van der Waals surface area contributed by atoms with Crippen molar-refractivity contribution in [2.75, 3.05) is 26.7 Å². The summed E-state index contributed by atoms with van der Waals surface area (Å²) in [5.41, 5.74) is 3.83. The Morgan fingerprint density at radius 1 is 1.19 bits per heavy atom. The van der Waals surface area contributed by atoms with Crippen molar-refractivity contribution in [3.8, 4) is 5.75 Å². The lowest BCUT2D eigenvalue weighted by molar-refractivity contribution is 0.211. The van der Waals surface area contributed by atoms with Crippen LogP contribution in [0.25, 0.3) is 11.0 Å². The van der Waals surface area contributed by atoms with Gasteiger partial charge >= 0.3 is 0 Å². The summed E-state index contributed by atoms with van der Waals surface area (Å²) in [6.45, 7) is 5.73. The Balaban J connectivity index is 1.23. The fraction of sp³-hybridized carbons (Fsp3) is 0.542. The first kappa shape index (κ1) is 20.2. The number of piperidine rings is 1. The van der Waals surface area contributed by atoms with E-state index in [9.17, 15) is 4.79 Å². The number of benzene rings is 1. The van der Waals surface area contributed by atoms with Crippen molar-refractivity contribution < 1.29 is 9.26 Å². The number of nitrogens with zero attached hydrogens (tertiary/aromatic N) is 4. The van der Waals surface area contributed by atoms with Crippen molar-refractivity contribution in [3.05, 3.63) is 51.3 Å². The maximum atomic E-state index is 13.0. The highest BCUT2D eigenvalue weighted by atomic mass is 16.5. The fourth-order valence-corrected chi connectivity index (χ4v) is 5.08. The Labute approximate surface area is 182 Å². The van der Waals surface area contributed by atoms with E-state index in [1.54, 1.807) is 7.11 Å². The summed E-state index contributed by atoms with van der Waals surface area (Å²) < 4.78 is 12.7. The summed E-state index contributed by atoms with van der Waals surface area (Å²) in [7, 11) is 1.66. The monoisotopic (exact) mass is 422 g/mol. The van der Waals surface area contributed by atoms with E-state index in [0.717, 1.165) is 104 Å². The summed E-state index contributed by atoms with van der Waals surface area (Å²) >= 11 is 0. The molecule has 2 aliphatic heterocycles. The van der Waals surface area contributed by atoms with Crippen LogP contribution in [0.4, 0.5) is 0 Å². The molecule has 0 radical (unpaired) electrons. The highest BCUT2D eigenvalue weighted by Crippen LogP contribution is 2.33. The van der Waals surface area contributed by atoms with Gasteiger partial charge in [-0.2, -0.15) is 0 Å². The van der Waals surface area contributed by atoms with Gasteiger partial charge in [0.25, 0.3) is 5.56 Å². The van der Waals surface area contributed by atoms with Gasteiger partial charge in [0.2, 0.25) is 0 Å². The molecule has 7 nitrogen and oxygen atoms in total. The third-order valence-electron chi connectivity index (χ3n) is 6.94. The van der Waals surface area contributed by atoms with Crippen molar-refractivity contribution >= 4 is 11.0 Å². The van der Waals surface area contributed by atoms with Crippen molar-refractivity contribution in [3.63, 3.8) is 0 Å². The van der Waals surface area contributed by atoms with Gasteiger partial charge in [-0.15, -0.1) is 0 Å². The molecule has 0 bridgehead atoms. The van der Waals surface area contributed by atoms with E-state index in [4.69, 9.17) is 14.2 Å². The molecule has 2 aromatic heterocycles. The number of ether oxygens (including phenoxy) is 1. The molecule has 1 saturated heterocycles. The van der Waals surface area contributed by atoms with E-state index in [1.807, 2.05) is 29.7 Å². The number of aromatic nitrogens is 3. The van der Waals surface area contributed by atoms with Gasteiger partial charge in [0.1, 0.15) is 11.6 Å². The molecular formula is C24H30N4O3. The first-order chi connectivity index (χ1) is 15.1. The van der Waals surface area contributed by atoms with Crippen LogP contribution in [0.2, 0.25) is 0 Å². The first-order valence-corrected chi connectivity index (χ1v) is 11.4. The summed E-state index contributed by atoms with van der Waals surface area (Å²) in [5, 5.41) is 5.46. The van der Waals surface area contributed by atoms with Gasteiger partial charge < -0.3 is 14.2 Å². The highest BCUT2D eigenvalue weighted by Gasteiger charge is 2.25. The molecule has 7 heteroatoms. The summed E-state index contributed by atoms with van der Waals surface area (Å²) in [5.74, 6) is 2.16. The molecule has 0 N–H and O–H groups in total.